The van der Waals surface area contributed by atoms with Crippen molar-refractivity contribution in [1.82, 2.24) is 0 Å². The minimum absolute atomic E-state index is 0.361. The summed E-state index contributed by atoms with van der Waals surface area (Å²) in [6.07, 6.45) is 0. The zero-order valence-electron chi connectivity index (χ0n) is 7.91. The summed E-state index contributed by atoms with van der Waals surface area (Å²) in [4.78, 5) is 0. The van der Waals surface area contributed by atoms with Crippen molar-refractivity contribution in [2.24, 2.45) is 5.92 Å². The SMILES string of the molecule is CC(C)C(C)c1cccc(O)c1. The topological polar surface area (TPSA) is 20.2 Å². The fourth-order valence-corrected chi connectivity index (χ4v) is 1.19. The van der Waals surface area contributed by atoms with Crippen molar-refractivity contribution in [3.05, 3.63) is 29.8 Å². The Morgan fingerprint density at radius 1 is 1.17 bits per heavy atom. The highest BCUT2D eigenvalue weighted by atomic mass is 16.3. The predicted octanol–water partition coefficient (Wildman–Crippen LogP) is 3.15. The molecule has 1 aromatic carbocycles. The van der Waals surface area contributed by atoms with Crippen molar-refractivity contribution in [3.63, 3.8) is 0 Å². The molecule has 1 aromatic rings. The van der Waals surface area contributed by atoms with Gasteiger partial charge in [-0.3, -0.25) is 0 Å². The lowest BCUT2D eigenvalue weighted by Crippen LogP contribution is -2.01. The van der Waals surface area contributed by atoms with Crippen LogP contribution < -0.4 is 0 Å². The Hall–Kier alpha value is -0.980. The lowest BCUT2D eigenvalue weighted by Gasteiger charge is -2.15. The van der Waals surface area contributed by atoms with E-state index in [1.54, 1.807) is 6.07 Å². The molecule has 0 heterocycles. The van der Waals surface area contributed by atoms with Gasteiger partial charge in [0.2, 0.25) is 0 Å². The van der Waals surface area contributed by atoms with Crippen molar-refractivity contribution in [3.8, 4) is 5.75 Å². The van der Waals surface area contributed by atoms with Gasteiger partial charge in [0.05, 0.1) is 0 Å². The molecule has 0 aliphatic carbocycles. The molecule has 1 heteroatoms. The predicted molar refractivity (Wildman–Crippen MR) is 51.4 cm³/mol. The van der Waals surface area contributed by atoms with Crippen molar-refractivity contribution >= 4 is 0 Å². The van der Waals surface area contributed by atoms with Crippen LogP contribution in [-0.2, 0) is 0 Å². The van der Waals surface area contributed by atoms with Gasteiger partial charge in [-0.25, -0.2) is 0 Å². The Labute approximate surface area is 74.1 Å². The summed E-state index contributed by atoms with van der Waals surface area (Å²) in [6, 6.07) is 7.50. The second-order valence-electron chi connectivity index (χ2n) is 3.63. The van der Waals surface area contributed by atoms with Crippen molar-refractivity contribution < 1.29 is 5.11 Å². The van der Waals surface area contributed by atoms with Gasteiger partial charge in [-0.1, -0.05) is 32.9 Å². The van der Waals surface area contributed by atoms with Gasteiger partial charge < -0.3 is 5.11 Å². The third kappa shape index (κ3) is 2.00. The molecule has 0 amide bonds. The second-order valence-corrected chi connectivity index (χ2v) is 3.63. The number of hydrogen-bond donors (Lipinski definition) is 1. The van der Waals surface area contributed by atoms with E-state index in [2.05, 4.69) is 26.8 Å². The number of phenols is 1. The Kier molecular flexibility index (Phi) is 2.74. The molecular formula is C11H16O. The summed E-state index contributed by atoms with van der Waals surface area (Å²) in [5.41, 5.74) is 1.21. The Bertz CT molecular complexity index is 253. The quantitative estimate of drug-likeness (QED) is 0.712. The van der Waals surface area contributed by atoms with Gasteiger partial charge in [-0.2, -0.15) is 0 Å². The Balaban J connectivity index is 2.88. The van der Waals surface area contributed by atoms with Crippen LogP contribution in [0.25, 0.3) is 0 Å². The molecule has 0 radical (unpaired) electrons. The second kappa shape index (κ2) is 3.61. The van der Waals surface area contributed by atoms with E-state index in [1.807, 2.05) is 12.1 Å². The first-order chi connectivity index (χ1) is 5.61. The maximum atomic E-state index is 9.24. The number of phenolic OH excluding ortho intramolecular Hbond substituents is 1. The van der Waals surface area contributed by atoms with Crippen LogP contribution in [0.3, 0.4) is 0 Å². The van der Waals surface area contributed by atoms with Crippen LogP contribution in [0.4, 0.5) is 0 Å². The molecule has 66 valence electrons. The first-order valence-corrected chi connectivity index (χ1v) is 4.40. The van der Waals surface area contributed by atoms with Gasteiger partial charge in [-0.05, 0) is 29.5 Å². The smallest absolute Gasteiger partial charge is 0.115 e. The highest BCUT2D eigenvalue weighted by molar-refractivity contribution is 5.29. The number of benzene rings is 1. The third-order valence-corrected chi connectivity index (χ3v) is 2.40. The van der Waals surface area contributed by atoms with Gasteiger partial charge in [0.15, 0.2) is 0 Å². The molecule has 0 saturated heterocycles. The summed E-state index contributed by atoms with van der Waals surface area (Å²) >= 11 is 0. The first-order valence-electron chi connectivity index (χ1n) is 4.40. The molecule has 0 aliphatic rings. The molecule has 0 bridgehead atoms. The number of rotatable bonds is 2. The monoisotopic (exact) mass is 164 g/mol. The zero-order valence-corrected chi connectivity index (χ0v) is 7.91. The van der Waals surface area contributed by atoms with E-state index < -0.39 is 0 Å². The Morgan fingerprint density at radius 2 is 1.83 bits per heavy atom. The maximum Gasteiger partial charge on any atom is 0.115 e. The average molecular weight is 164 g/mol. The first kappa shape index (κ1) is 9.11. The van der Waals surface area contributed by atoms with Crippen LogP contribution in [0.1, 0.15) is 32.3 Å². The Morgan fingerprint density at radius 3 is 2.33 bits per heavy atom. The van der Waals surface area contributed by atoms with Crippen LogP contribution in [0, 0.1) is 5.92 Å². The normalized spacial score (nSPS) is 13.3. The van der Waals surface area contributed by atoms with E-state index in [1.165, 1.54) is 5.56 Å². The standard InChI is InChI=1S/C11H16O/c1-8(2)9(3)10-5-4-6-11(12)7-10/h4-9,12H,1-3H3. The van der Waals surface area contributed by atoms with Gasteiger partial charge in [0, 0.05) is 0 Å². The molecule has 1 nitrogen and oxygen atoms in total. The van der Waals surface area contributed by atoms with Gasteiger partial charge in [0.1, 0.15) is 5.75 Å². The molecule has 0 aliphatic heterocycles. The number of aromatic hydroxyl groups is 1. The van der Waals surface area contributed by atoms with E-state index in [4.69, 9.17) is 0 Å². The molecule has 0 fully saturated rings. The van der Waals surface area contributed by atoms with E-state index >= 15 is 0 Å². The largest absolute Gasteiger partial charge is 0.508 e. The van der Waals surface area contributed by atoms with E-state index in [9.17, 15) is 5.11 Å². The number of hydrogen-bond acceptors (Lipinski definition) is 1. The summed E-state index contributed by atoms with van der Waals surface area (Å²) in [5.74, 6) is 1.49. The molecule has 12 heavy (non-hydrogen) atoms. The lowest BCUT2D eigenvalue weighted by molar-refractivity contribution is 0.470. The zero-order chi connectivity index (χ0) is 9.14. The summed E-state index contributed by atoms with van der Waals surface area (Å²) in [6.45, 7) is 6.56. The van der Waals surface area contributed by atoms with E-state index in [0.717, 1.165) is 0 Å². The third-order valence-electron chi connectivity index (χ3n) is 2.40. The molecular weight excluding hydrogens is 148 g/mol. The van der Waals surface area contributed by atoms with Crippen LogP contribution in [-0.4, -0.2) is 5.11 Å². The molecule has 0 saturated carbocycles. The fourth-order valence-electron chi connectivity index (χ4n) is 1.19. The minimum atomic E-state index is 0.361. The molecule has 1 N–H and O–H groups in total. The fraction of sp³-hybridized carbons (Fsp3) is 0.455. The van der Waals surface area contributed by atoms with Crippen LogP contribution in [0.2, 0.25) is 0 Å². The summed E-state index contributed by atoms with van der Waals surface area (Å²) < 4.78 is 0. The molecule has 0 spiro atoms. The molecule has 1 unspecified atom stereocenters. The van der Waals surface area contributed by atoms with E-state index in [0.29, 0.717) is 17.6 Å². The molecule has 0 aromatic heterocycles. The van der Waals surface area contributed by atoms with Crippen LogP contribution in [0.15, 0.2) is 24.3 Å². The van der Waals surface area contributed by atoms with Gasteiger partial charge in [0.25, 0.3) is 0 Å². The average Bonchev–Trinajstić information content (AvgIpc) is 2.03. The summed E-state index contributed by atoms with van der Waals surface area (Å²) in [5, 5.41) is 9.24. The summed E-state index contributed by atoms with van der Waals surface area (Å²) in [7, 11) is 0. The molecule has 1 atom stereocenters. The van der Waals surface area contributed by atoms with E-state index in [-0.39, 0.29) is 0 Å². The van der Waals surface area contributed by atoms with Crippen molar-refractivity contribution in [2.75, 3.05) is 0 Å². The highest BCUT2D eigenvalue weighted by Crippen LogP contribution is 2.25. The van der Waals surface area contributed by atoms with Crippen molar-refractivity contribution in [1.29, 1.82) is 0 Å². The van der Waals surface area contributed by atoms with Crippen LogP contribution >= 0.6 is 0 Å². The lowest BCUT2D eigenvalue weighted by atomic mass is 9.90. The van der Waals surface area contributed by atoms with Gasteiger partial charge in [-0.15, -0.1) is 0 Å². The van der Waals surface area contributed by atoms with Crippen molar-refractivity contribution in [2.45, 2.75) is 26.7 Å². The maximum absolute atomic E-state index is 9.24. The highest BCUT2D eigenvalue weighted by Gasteiger charge is 2.09. The van der Waals surface area contributed by atoms with Crippen LogP contribution in [0.5, 0.6) is 5.75 Å². The molecule has 1 rings (SSSR count). The minimum Gasteiger partial charge on any atom is -0.508 e. The van der Waals surface area contributed by atoms with Gasteiger partial charge >= 0.3 is 0 Å².